The van der Waals surface area contributed by atoms with Crippen molar-refractivity contribution in [1.82, 2.24) is 15.1 Å². The second-order valence-electron chi connectivity index (χ2n) is 8.32. The molecule has 1 unspecified atom stereocenters. The van der Waals surface area contributed by atoms with Gasteiger partial charge in [0.15, 0.2) is 5.69 Å². The second-order valence-corrected chi connectivity index (χ2v) is 8.76. The SMILES string of the molecule is Cc1ccc(C(=O)c2nn(-c3ccc(Cl)cc3)c(NCCCNCC3COCCO3)c2C#N)cc1. The molecule has 9 heteroatoms. The number of hydrogen-bond acceptors (Lipinski definition) is 7. The van der Waals surface area contributed by atoms with Crippen LogP contribution in [0.3, 0.4) is 0 Å². The summed E-state index contributed by atoms with van der Waals surface area (Å²) in [6.45, 7) is 5.91. The van der Waals surface area contributed by atoms with Gasteiger partial charge in [-0.1, -0.05) is 41.4 Å². The van der Waals surface area contributed by atoms with Crippen LogP contribution in [0.15, 0.2) is 48.5 Å². The van der Waals surface area contributed by atoms with Crippen LogP contribution in [0.2, 0.25) is 5.02 Å². The Morgan fingerprint density at radius 3 is 2.63 bits per heavy atom. The molecule has 0 amide bonds. The van der Waals surface area contributed by atoms with Crippen molar-refractivity contribution in [2.24, 2.45) is 0 Å². The quantitative estimate of drug-likeness (QED) is 0.327. The van der Waals surface area contributed by atoms with E-state index >= 15 is 0 Å². The van der Waals surface area contributed by atoms with Crippen LogP contribution in [-0.4, -0.2) is 61.1 Å². The molecule has 1 atom stereocenters. The van der Waals surface area contributed by atoms with Crippen LogP contribution in [0.5, 0.6) is 0 Å². The molecule has 1 aliphatic heterocycles. The highest BCUT2D eigenvalue weighted by atomic mass is 35.5. The van der Waals surface area contributed by atoms with E-state index in [9.17, 15) is 10.1 Å². The summed E-state index contributed by atoms with van der Waals surface area (Å²) in [5.74, 6) is 0.183. The summed E-state index contributed by atoms with van der Waals surface area (Å²) in [4.78, 5) is 13.2. The minimum atomic E-state index is -0.298. The number of ketones is 1. The van der Waals surface area contributed by atoms with Crippen molar-refractivity contribution in [3.63, 3.8) is 0 Å². The predicted molar refractivity (Wildman–Crippen MR) is 134 cm³/mol. The van der Waals surface area contributed by atoms with Crippen molar-refractivity contribution in [3.8, 4) is 11.8 Å². The molecule has 182 valence electrons. The molecule has 0 spiro atoms. The van der Waals surface area contributed by atoms with Gasteiger partial charge in [-0.05, 0) is 44.2 Å². The highest BCUT2D eigenvalue weighted by molar-refractivity contribution is 6.30. The van der Waals surface area contributed by atoms with Gasteiger partial charge in [0.1, 0.15) is 17.5 Å². The first-order valence-corrected chi connectivity index (χ1v) is 12.0. The van der Waals surface area contributed by atoms with E-state index < -0.39 is 0 Å². The number of ether oxygens (including phenoxy) is 2. The standard InChI is InChI=1S/C26H28ClN5O3/c1-18-3-5-19(6-4-18)25(33)24-23(15-28)26(32(31-24)21-9-7-20(27)8-10-21)30-12-2-11-29-16-22-17-34-13-14-35-22/h3-10,22,29-30H,2,11-14,16-17H2,1H3. The maximum Gasteiger partial charge on any atom is 0.214 e. The summed E-state index contributed by atoms with van der Waals surface area (Å²) >= 11 is 6.06. The molecule has 8 nitrogen and oxygen atoms in total. The Kier molecular flexibility index (Phi) is 8.50. The fraction of sp³-hybridized carbons (Fsp3) is 0.346. The first-order chi connectivity index (χ1) is 17.1. The number of hydrogen-bond donors (Lipinski definition) is 2. The molecule has 3 aromatic rings. The topological polar surface area (TPSA) is 101 Å². The van der Waals surface area contributed by atoms with E-state index in [-0.39, 0.29) is 23.1 Å². The minimum absolute atomic E-state index is 0.0728. The third-order valence-corrected chi connectivity index (χ3v) is 5.93. The van der Waals surface area contributed by atoms with Gasteiger partial charge in [-0.2, -0.15) is 10.4 Å². The van der Waals surface area contributed by atoms with Crippen LogP contribution < -0.4 is 10.6 Å². The number of nitrogens with zero attached hydrogens (tertiary/aromatic N) is 3. The average Bonchev–Trinajstić information content (AvgIpc) is 3.25. The summed E-state index contributed by atoms with van der Waals surface area (Å²) in [5, 5.41) is 21.8. The summed E-state index contributed by atoms with van der Waals surface area (Å²) in [6.07, 6.45) is 0.870. The Bertz CT molecular complexity index is 1180. The fourth-order valence-corrected chi connectivity index (χ4v) is 3.92. The predicted octanol–water partition coefficient (Wildman–Crippen LogP) is 3.74. The first kappa shape index (κ1) is 24.9. The lowest BCUT2D eigenvalue weighted by Gasteiger charge is -2.23. The molecule has 2 aromatic carbocycles. The minimum Gasteiger partial charge on any atom is -0.376 e. The van der Waals surface area contributed by atoms with Gasteiger partial charge < -0.3 is 20.1 Å². The van der Waals surface area contributed by atoms with E-state index in [1.54, 1.807) is 41.1 Å². The molecular formula is C26H28ClN5O3. The molecule has 0 saturated carbocycles. The van der Waals surface area contributed by atoms with Crippen LogP contribution in [-0.2, 0) is 9.47 Å². The third kappa shape index (κ3) is 6.27. The molecule has 1 fully saturated rings. The Morgan fingerprint density at radius 2 is 1.94 bits per heavy atom. The molecular weight excluding hydrogens is 466 g/mol. The fourth-order valence-electron chi connectivity index (χ4n) is 3.79. The lowest BCUT2D eigenvalue weighted by atomic mass is 10.0. The molecule has 4 rings (SSSR count). The molecule has 1 saturated heterocycles. The summed E-state index contributed by atoms with van der Waals surface area (Å²) < 4.78 is 12.6. The maximum atomic E-state index is 13.2. The number of nitriles is 1. The van der Waals surface area contributed by atoms with Gasteiger partial charge in [-0.25, -0.2) is 4.68 Å². The zero-order valence-electron chi connectivity index (χ0n) is 19.6. The van der Waals surface area contributed by atoms with Crippen molar-refractivity contribution in [2.45, 2.75) is 19.4 Å². The smallest absolute Gasteiger partial charge is 0.214 e. The van der Waals surface area contributed by atoms with E-state index in [0.717, 1.165) is 25.1 Å². The number of halogens is 1. The number of carbonyl (C=O) groups excluding carboxylic acids is 1. The number of aryl methyl sites for hydroxylation is 1. The van der Waals surface area contributed by atoms with Gasteiger partial charge in [0.05, 0.1) is 31.6 Å². The highest BCUT2D eigenvalue weighted by Crippen LogP contribution is 2.26. The largest absolute Gasteiger partial charge is 0.376 e. The molecule has 0 bridgehead atoms. The van der Waals surface area contributed by atoms with Crippen molar-refractivity contribution in [2.75, 3.05) is 44.8 Å². The van der Waals surface area contributed by atoms with Gasteiger partial charge in [-0.3, -0.25) is 4.79 Å². The van der Waals surface area contributed by atoms with Gasteiger partial charge >= 0.3 is 0 Å². The normalized spacial score (nSPS) is 15.5. The van der Waals surface area contributed by atoms with E-state index in [1.807, 2.05) is 19.1 Å². The van der Waals surface area contributed by atoms with Gasteiger partial charge in [-0.15, -0.1) is 0 Å². The van der Waals surface area contributed by atoms with Gasteiger partial charge in [0.25, 0.3) is 0 Å². The monoisotopic (exact) mass is 493 g/mol. The van der Waals surface area contributed by atoms with Gasteiger partial charge in [0, 0.05) is 23.7 Å². The van der Waals surface area contributed by atoms with Crippen molar-refractivity contribution in [3.05, 3.63) is 75.9 Å². The average molecular weight is 494 g/mol. The lowest BCUT2D eigenvalue weighted by molar-refractivity contribution is -0.0862. The van der Waals surface area contributed by atoms with E-state index in [0.29, 0.717) is 48.5 Å². The summed E-state index contributed by atoms with van der Waals surface area (Å²) in [6, 6.07) is 16.5. The van der Waals surface area contributed by atoms with Crippen LogP contribution >= 0.6 is 11.6 Å². The lowest BCUT2D eigenvalue weighted by Crippen LogP contribution is -2.37. The van der Waals surface area contributed by atoms with Crippen LogP contribution in [0, 0.1) is 18.3 Å². The molecule has 1 aromatic heterocycles. The number of carbonyl (C=O) groups is 1. The van der Waals surface area contributed by atoms with Crippen molar-refractivity contribution in [1.29, 1.82) is 5.26 Å². The highest BCUT2D eigenvalue weighted by Gasteiger charge is 2.25. The molecule has 35 heavy (non-hydrogen) atoms. The number of aromatic nitrogens is 2. The van der Waals surface area contributed by atoms with Crippen molar-refractivity contribution < 1.29 is 14.3 Å². The van der Waals surface area contributed by atoms with E-state index in [2.05, 4.69) is 21.8 Å². The molecule has 2 N–H and O–H groups in total. The van der Waals surface area contributed by atoms with Gasteiger partial charge in [0.2, 0.25) is 5.78 Å². The summed E-state index contributed by atoms with van der Waals surface area (Å²) in [7, 11) is 0. The van der Waals surface area contributed by atoms with Crippen molar-refractivity contribution >= 4 is 23.2 Å². The molecule has 0 radical (unpaired) electrons. The number of rotatable bonds is 10. The van der Waals surface area contributed by atoms with Crippen LogP contribution in [0.1, 0.15) is 33.6 Å². The second kappa shape index (κ2) is 12.0. The number of benzene rings is 2. The summed E-state index contributed by atoms with van der Waals surface area (Å²) in [5.41, 5.74) is 2.56. The Balaban J connectivity index is 1.51. The maximum absolute atomic E-state index is 13.2. The van der Waals surface area contributed by atoms with Crippen LogP contribution in [0.4, 0.5) is 5.82 Å². The third-order valence-electron chi connectivity index (χ3n) is 5.68. The first-order valence-electron chi connectivity index (χ1n) is 11.6. The Hall–Kier alpha value is -3.22. The number of nitrogens with one attached hydrogen (secondary N) is 2. The zero-order valence-corrected chi connectivity index (χ0v) is 20.3. The zero-order chi connectivity index (χ0) is 24.6. The molecule has 2 heterocycles. The van der Waals surface area contributed by atoms with Crippen LogP contribution in [0.25, 0.3) is 5.69 Å². The van der Waals surface area contributed by atoms with E-state index in [1.165, 1.54) is 0 Å². The Labute approximate surface area is 209 Å². The number of anilines is 1. The van der Waals surface area contributed by atoms with E-state index in [4.69, 9.17) is 21.1 Å². The molecule has 0 aliphatic carbocycles. The molecule has 1 aliphatic rings. The Morgan fingerprint density at radius 1 is 1.17 bits per heavy atom.